The third-order valence-electron chi connectivity index (χ3n) is 5.19. The first-order valence-electron chi connectivity index (χ1n) is 9.88. The molecule has 0 aromatic heterocycles. The zero-order valence-corrected chi connectivity index (χ0v) is 17.2. The largest absolute Gasteiger partial charge is 0.478 e. The van der Waals surface area contributed by atoms with Gasteiger partial charge in [-0.05, 0) is 31.0 Å². The van der Waals surface area contributed by atoms with Crippen LogP contribution in [0.25, 0.3) is 0 Å². The van der Waals surface area contributed by atoms with Crippen LogP contribution in [-0.4, -0.2) is 65.4 Å². The lowest BCUT2D eigenvalue weighted by molar-refractivity contribution is -0.154. The van der Waals surface area contributed by atoms with E-state index in [-0.39, 0.29) is 6.61 Å². The van der Waals surface area contributed by atoms with E-state index in [4.69, 9.17) is 4.74 Å². The minimum Gasteiger partial charge on any atom is -0.478 e. The molecule has 7 nitrogen and oxygen atoms in total. The first-order valence-corrected chi connectivity index (χ1v) is 9.88. The van der Waals surface area contributed by atoms with Crippen LogP contribution in [0.3, 0.4) is 0 Å². The second-order valence-electron chi connectivity index (χ2n) is 7.45. The zero-order chi connectivity index (χ0) is 22.4. The van der Waals surface area contributed by atoms with Crippen molar-refractivity contribution in [2.24, 2.45) is 0 Å². The number of rotatable bonds is 8. The lowest BCUT2D eigenvalue weighted by atomic mass is 10.1. The average Bonchev–Trinajstić information content (AvgIpc) is 2.68. The molecule has 1 aromatic carbocycles. The highest BCUT2D eigenvalue weighted by Gasteiger charge is 2.43. The predicted molar refractivity (Wildman–Crippen MR) is 104 cm³/mol. The summed E-state index contributed by atoms with van der Waals surface area (Å²) in [6.07, 6.45) is -3.60. The monoisotopic (exact) mass is 431 g/mol. The number of ether oxygens (including phenoxy) is 1. The quantitative estimate of drug-likeness (QED) is 0.616. The maximum atomic E-state index is 12.7. The number of nitrogens with zero attached hydrogens (tertiary/aromatic N) is 2. The average molecular weight is 431 g/mol. The lowest BCUT2D eigenvalue weighted by Crippen LogP contribution is -2.67. The smallest absolute Gasteiger partial charge is 0.416 e. The first kappa shape index (κ1) is 23.9. The molecule has 0 radical (unpaired) electrons. The van der Waals surface area contributed by atoms with E-state index < -0.39 is 29.5 Å². The number of nitrogens with one attached hydrogen (secondary N) is 1. The Hall–Kier alpha value is -2.33. The van der Waals surface area contributed by atoms with Gasteiger partial charge in [-0.3, -0.25) is 15.1 Å². The van der Waals surface area contributed by atoms with Gasteiger partial charge in [-0.25, -0.2) is 9.59 Å². The molecular formula is C20H28F3N3O4. The summed E-state index contributed by atoms with van der Waals surface area (Å²) in [5.41, 5.74) is -1.55. The van der Waals surface area contributed by atoms with Crippen molar-refractivity contribution in [2.75, 3.05) is 32.8 Å². The van der Waals surface area contributed by atoms with Crippen LogP contribution in [0.4, 0.5) is 18.0 Å². The number of piperazine rings is 1. The van der Waals surface area contributed by atoms with Crippen LogP contribution in [0.15, 0.2) is 24.3 Å². The number of unbranched alkanes of at least 4 members (excludes halogenated alkanes) is 1. The predicted octanol–water partition coefficient (Wildman–Crippen LogP) is 3.15. The summed E-state index contributed by atoms with van der Waals surface area (Å²) in [7, 11) is 0. The molecule has 0 spiro atoms. The van der Waals surface area contributed by atoms with E-state index in [1.54, 1.807) is 4.90 Å². The zero-order valence-electron chi connectivity index (χ0n) is 17.2. The second kappa shape index (κ2) is 10.1. The Bertz CT molecular complexity index is 719. The highest BCUT2D eigenvalue weighted by Crippen LogP contribution is 2.29. The molecule has 2 rings (SSSR count). The van der Waals surface area contributed by atoms with Gasteiger partial charge in [-0.2, -0.15) is 13.2 Å². The number of carboxylic acids is 1. The van der Waals surface area contributed by atoms with Crippen LogP contribution >= 0.6 is 0 Å². The van der Waals surface area contributed by atoms with Crippen LogP contribution in [0.2, 0.25) is 0 Å². The fraction of sp³-hybridized carbons (Fsp3) is 0.600. The van der Waals surface area contributed by atoms with E-state index in [1.165, 1.54) is 19.1 Å². The van der Waals surface area contributed by atoms with Crippen molar-refractivity contribution in [2.45, 2.75) is 45.1 Å². The minimum absolute atomic E-state index is 0.221. The number of halogens is 3. The first-order chi connectivity index (χ1) is 14.1. The number of benzene rings is 1. The van der Waals surface area contributed by atoms with Crippen molar-refractivity contribution in [3.8, 4) is 0 Å². The second-order valence-corrected chi connectivity index (χ2v) is 7.45. The molecule has 1 aliphatic heterocycles. The van der Waals surface area contributed by atoms with Gasteiger partial charge in [0.2, 0.25) is 0 Å². The van der Waals surface area contributed by atoms with Crippen LogP contribution in [-0.2, 0) is 22.3 Å². The van der Waals surface area contributed by atoms with E-state index >= 15 is 0 Å². The molecule has 0 bridgehead atoms. The van der Waals surface area contributed by atoms with E-state index in [0.717, 1.165) is 24.1 Å². The Balaban J connectivity index is 1.92. The van der Waals surface area contributed by atoms with E-state index in [0.29, 0.717) is 39.1 Å². The number of hydrogen-bond acceptors (Lipinski definition) is 5. The van der Waals surface area contributed by atoms with Crippen LogP contribution in [0.5, 0.6) is 0 Å². The highest BCUT2D eigenvalue weighted by molar-refractivity contribution is 5.83. The van der Waals surface area contributed by atoms with Gasteiger partial charge in [0.05, 0.1) is 12.2 Å². The topological polar surface area (TPSA) is 82.1 Å². The summed E-state index contributed by atoms with van der Waals surface area (Å²) in [5, 5.41) is 12.1. The summed E-state index contributed by atoms with van der Waals surface area (Å²) < 4.78 is 43.0. The molecule has 1 fully saturated rings. The summed E-state index contributed by atoms with van der Waals surface area (Å²) in [5.74, 6) is -1.19. The van der Waals surface area contributed by atoms with Crippen molar-refractivity contribution in [3.63, 3.8) is 0 Å². The van der Waals surface area contributed by atoms with Crippen LogP contribution in [0.1, 0.15) is 37.8 Å². The van der Waals surface area contributed by atoms with Gasteiger partial charge in [0, 0.05) is 32.7 Å². The van der Waals surface area contributed by atoms with Gasteiger partial charge in [0.1, 0.15) is 0 Å². The third kappa shape index (κ3) is 6.33. The van der Waals surface area contributed by atoms with Gasteiger partial charge < -0.3 is 9.84 Å². The molecule has 0 saturated carbocycles. The lowest BCUT2D eigenvalue weighted by Gasteiger charge is -2.43. The number of hydrogen-bond donors (Lipinski definition) is 2. The standard InChI is InChI=1S/C20H28F3N3O4/c1-3-4-13-30-18(29)24-19(2,17(27)28)26-11-9-25(10-12-26)14-15-5-7-16(8-6-15)20(21,22)23/h5-8H,3-4,9-14H2,1-2H3,(H,24,29)(H,27,28). The van der Waals surface area contributed by atoms with E-state index in [2.05, 4.69) is 5.32 Å². The van der Waals surface area contributed by atoms with Gasteiger partial charge >= 0.3 is 18.2 Å². The molecule has 1 heterocycles. The molecule has 30 heavy (non-hydrogen) atoms. The molecule has 1 saturated heterocycles. The van der Waals surface area contributed by atoms with Crippen LogP contribution < -0.4 is 5.32 Å². The van der Waals surface area contributed by atoms with Crippen molar-refractivity contribution in [1.29, 1.82) is 0 Å². The Morgan fingerprint density at radius 2 is 1.73 bits per heavy atom. The van der Waals surface area contributed by atoms with Crippen molar-refractivity contribution >= 4 is 12.1 Å². The van der Waals surface area contributed by atoms with Gasteiger partial charge in [0.15, 0.2) is 5.66 Å². The maximum absolute atomic E-state index is 12.7. The summed E-state index contributed by atoms with van der Waals surface area (Å²) in [6.45, 7) is 5.82. The maximum Gasteiger partial charge on any atom is 0.416 e. The third-order valence-corrected chi connectivity index (χ3v) is 5.19. The van der Waals surface area contributed by atoms with Crippen molar-refractivity contribution < 1.29 is 32.6 Å². The number of carboxylic acid groups (broad SMARTS) is 1. The number of carbonyl (C=O) groups excluding carboxylic acids is 1. The Morgan fingerprint density at radius 3 is 2.23 bits per heavy atom. The number of carbonyl (C=O) groups is 2. The fourth-order valence-electron chi connectivity index (χ4n) is 3.22. The van der Waals surface area contributed by atoms with E-state index in [9.17, 15) is 27.9 Å². The Kier molecular flexibility index (Phi) is 8.08. The fourth-order valence-corrected chi connectivity index (χ4v) is 3.22. The normalized spacial score (nSPS) is 17.9. The summed E-state index contributed by atoms with van der Waals surface area (Å²) in [4.78, 5) is 27.5. The molecule has 1 atom stereocenters. The SMILES string of the molecule is CCCCOC(=O)NC(C)(C(=O)O)N1CCN(Cc2ccc(C(F)(F)F)cc2)CC1. The molecular weight excluding hydrogens is 403 g/mol. The molecule has 1 unspecified atom stereocenters. The minimum atomic E-state index is -4.36. The Labute approximate surface area is 173 Å². The van der Waals surface area contributed by atoms with Crippen molar-refractivity contribution in [1.82, 2.24) is 15.1 Å². The van der Waals surface area contributed by atoms with Gasteiger partial charge in [-0.1, -0.05) is 25.5 Å². The molecule has 168 valence electrons. The summed E-state index contributed by atoms with van der Waals surface area (Å²) >= 11 is 0. The molecule has 1 amide bonds. The molecule has 1 aromatic rings. The van der Waals surface area contributed by atoms with Gasteiger partial charge in [0.25, 0.3) is 0 Å². The number of amides is 1. The summed E-state index contributed by atoms with van der Waals surface area (Å²) in [6, 6.07) is 5.01. The molecule has 2 N–H and O–H groups in total. The molecule has 1 aliphatic rings. The number of alkyl halides is 3. The number of alkyl carbamates (subject to hydrolysis) is 1. The molecule has 0 aliphatic carbocycles. The van der Waals surface area contributed by atoms with Crippen LogP contribution in [0, 0.1) is 0 Å². The Morgan fingerprint density at radius 1 is 1.13 bits per heavy atom. The van der Waals surface area contributed by atoms with Gasteiger partial charge in [-0.15, -0.1) is 0 Å². The number of aliphatic carboxylic acids is 1. The van der Waals surface area contributed by atoms with E-state index in [1.807, 2.05) is 11.8 Å². The highest BCUT2D eigenvalue weighted by atomic mass is 19.4. The van der Waals surface area contributed by atoms with Crippen molar-refractivity contribution in [3.05, 3.63) is 35.4 Å². The molecule has 10 heteroatoms.